The number of H-pyrrole nitrogens is 1. The Morgan fingerprint density at radius 1 is 1.27 bits per heavy atom. The molecule has 0 saturated carbocycles. The molecule has 0 fully saturated rings. The number of furan rings is 1. The highest BCUT2D eigenvalue weighted by Gasteiger charge is 2.13. The normalized spacial score (nSPS) is 10.5. The molecule has 0 bridgehead atoms. The number of methoxy groups -OCH3 is 1. The molecular formula is C20H18N2O3S. The van der Waals surface area contributed by atoms with Gasteiger partial charge in [-0.3, -0.25) is 4.79 Å². The number of ether oxygens (including phenoxy) is 1. The van der Waals surface area contributed by atoms with Crippen LogP contribution in [0.4, 0.5) is 0 Å². The third kappa shape index (κ3) is 3.84. The van der Waals surface area contributed by atoms with E-state index in [0.717, 1.165) is 34.1 Å². The van der Waals surface area contributed by atoms with E-state index in [9.17, 15) is 10.1 Å². The van der Waals surface area contributed by atoms with Crippen molar-refractivity contribution < 1.29 is 9.15 Å². The lowest BCUT2D eigenvalue weighted by Gasteiger charge is -2.12. The Morgan fingerprint density at radius 2 is 2.12 bits per heavy atom. The molecule has 0 saturated heterocycles. The number of benzene rings is 1. The highest BCUT2D eigenvalue weighted by molar-refractivity contribution is 7.97. The molecule has 3 rings (SSSR count). The predicted molar refractivity (Wildman–Crippen MR) is 102 cm³/mol. The van der Waals surface area contributed by atoms with E-state index in [4.69, 9.17) is 9.15 Å². The number of hydrogen-bond acceptors (Lipinski definition) is 5. The second kappa shape index (κ2) is 7.98. The smallest absolute Gasteiger partial charge is 0.266 e. The van der Waals surface area contributed by atoms with Gasteiger partial charge in [-0.1, -0.05) is 6.07 Å². The molecule has 5 nitrogen and oxygen atoms in total. The van der Waals surface area contributed by atoms with Crippen LogP contribution in [0.25, 0.3) is 11.1 Å². The topological polar surface area (TPSA) is 79.0 Å². The van der Waals surface area contributed by atoms with Gasteiger partial charge in [-0.25, -0.2) is 0 Å². The van der Waals surface area contributed by atoms with Crippen molar-refractivity contribution in [3.05, 3.63) is 75.6 Å². The number of nitrogens with zero attached hydrogens (tertiary/aromatic N) is 1. The van der Waals surface area contributed by atoms with Gasteiger partial charge in [0.15, 0.2) is 0 Å². The summed E-state index contributed by atoms with van der Waals surface area (Å²) in [5.41, 5.74) is 2.93. The third-order valence-corrected chi connectivity index (χ3v) is 4.96. The first-order chi connectivity index (χ1) is 12.6. The molecule has 0 atom stereocenters. The zero-order valence-corrected chi connectivity index (χ0v) is 15.4. The van der Waals surface area contributed by atoms with Crippen molar-refractivity contribution >= 4 is 11.8 Å². The van der Waals surface area contributed by atoms with Crippen LogP contribution in [0.3, 0.4) is 0 Å². The number of pyridine rings is 1. The molecule has 0 unspecified atom stereocenters. The monoisotopic (exact) mass is 366 g/mol. The summed E-state index contributed by atoms with van der Waals surface area (Å²) < 4.78 is 10.8. The Hall–Kier alpha value is -2.91. The summed E-state index contributed by atoms with van der Waals surface area (Å²) in [6.07, 6.45) is 1.66. The van der Waals surface area contributed by atoms with Gasteiger partial charge in [0, 0.05) is 22.6 Å². The van der Waals surface area contributed by atoms with Crippen LogP contribution in [0.5, 0.6) is 5.75 Å². The van der Waals surface area contributed by atoms with Crippen LogP contribution < -0.4 is 10.3 Å². The summed E-state index contributed by atoms with van der Waals surface area (Å²) in [6, 6.07) is 13.4. The maximum atomic E-state index is 12.1. The highest BCUT2D eigenvalue weighted by atomic mass is 32.2. The molecule has 0 spiro atoms. The van der Waals surface area contributed by atoms with Gasteiger partial charge in [0.05, 0.1) is 19.1 Å². The fraction of sp³-hybridized carbons (Fsp3) is 0.200. The summed E-state index contributed by atoms with van der Waals surface area (Å²) in [5.74, 6) is 3.18. The number of rotatable bonds is 6. The first kappa shape index (κ1) is 17.9. The van der Waals surface area contributed by atoms with E-state index in [2.05, 4.69) is 4.98 Å². The van der Waals surface area contributed by atoms with Crippen molar-refractivity contribution in [2.75, 3.05) is 7.11 Å². The van der Waals surface area contributed by atoms with Gasteiger partial charge in [-0.2, -0.15) is 5.26 Å². The number of thioether (sulfide) groups is 1. The minimum atomic E-state index is -0.368. The van der Waals surface area contributed by atoms with Crippen molar-refractivity contribution in [1.82, 2.24) is 4.98 Å². The summed E-state index contributed by atoms with van der Waals surface area (Å²) in [4.78, 5) is 14.7. The van der Waals surface area contributed by atoms with E-state index < -0.39 is 0 Å². The Labute approximate surface area is 155 Å². The van der Waals surface area contributed by atoms with Crippen LogP contribution in [0, 0.1) is 18.3 Å². The molecule has 0 aliphatic heterocycles. The van der Waals surface area contributed by atoms with Crippen LogP contribution in [-0.4, -0.2) is 12.1 Å². The van der Waals surface area contributed by atoms with E-state index in [-0.39, 0.29) is 11.1 Å². The Morgan fingerprint density at radius 3 is 2.81 bits per heavy atom. The van der Waals surface area contributed by atoms with Crippen LogP contribution >= 0.6 is 11.8 Å². The van der Waals surface area contributed by atoms with Crippen LogP contribution in [0.1, 0.15) is 22.6 Å². The molecule has 6 heteroatoms. The van der Waals surface area contributed by atoms with E-state index in [1.54, 1.807) is 32.1 Å². The molecule has 2 aromatic heterocycles. The number of hydrogen-bond donors (Lipinski definition) is 1. The van der Waals surface area contributed by atoms with Crippen LogP contribution in [0.2, 0.25) is 0 Å². The fourth-order valence-electron chi connectivity index (χ4n) is 2.74. The number of aromatic nitrogens is 1. The fourth-order valence-corrected chi connectivity index (χ4v) is 3.66. The van der Waals surface area contributed by atoms with Gasteiger partial charge in [0.1, 0.15) is 23.1 Å². The summed E-state index contributed by atoms with van der Waals surface area (Å²) >= 11 is 1.71. The minimum absolute atomic E-state index is 0.120. The van der Waals surface area contributed by atoms with E-state index in [1.807, 2.05) is 42.5 Å². The second-order valence-electron chi connectivity index (χ2n) is 5.78. The summed E-state index contributed by atoms with van der Waals surface area (Å²) in [7, 11) is 1.63. The quantitative estimate of drug-likeness (QED) is 0.705. The first-order valence-corrected chi connectivity index (χ1v) is 9.19. The largest absolute Gasteiger partial charge is 0.496 e. The Balaban J connectivity index is 1.92. The zero-order valence-electron chi connectivity index (χ0n) is 14.5. The number of nitrogens with one attached hydrogen (secondary N) is 1. The van der Waals surface area contributed by atoms with Crippen molar-refractivity contribution in [1.29, 1.82) is 5.26 Å². The van der Waals surface area contributed by atoms with Gasteiger partial charge >= 0.3 is 0 Å². The van der Waals surface area contributed by atoms with Crippen LogP contribution in [-0.2, 0) is 11.5 Å². The van der Waals surface area contributed by atoms with Gasteiger partial charge in [-0.15, -0.1) is 11.8 Å². The average molecular weight is 366 g/mol. The lowest BCUT2D eigenvalue weighted by Crippen LogP contribution is -2.12. The molecule has 26 heavy (non-hydrogen) atoms. The van der Waals surface area contributed by atoms with Crippen LogP contribution in [0.15, 0.2) is 51.9 Å². The predicted octanol–water partition coefficient (Wildman–Crippen LogP) is 4.26. The lowest BCUT2D eigenvalue weighted by molar-refractivity contribution is 0.411. The lowest BCUT2D eigenvalue weighted by atomic mass is 9.99. The standard InChI is InChI=1S/C20H18N2O3S/c1-13-8-17(18(10-21)20(23)22-13)14-5-6-19(24-2)15(9-14)11-26-12-16-4-3-7-25-16/h3-9H,11-12H2,1-2H3,(H,22,23). The van der Waals surface area contributed by atoms with Crippen molar-refractivity contribution in [3.8, 4) is 22.9 Å². The number of nitriles is 1. The molecule has 0 aliphatic carbocycles. The van der Waals surface area contributed by atoms with Gasteiger partial charge in [0.25, 0.3) is 5.56 Å². The van der Waals surface area contributed by atoms with E-state index in [0.29, 0.717) is 11.3 Å². The maximum absolute atomic E-state index is 12.1. The molecule has 3 aromatic rings. The number of aryl methyl sites for hydroxylation is 1. The third-order valence-electron chi connectivity index (χ3n) is 3.95. The molecule has 2 heterocycles. The molecular weight excluding hydrogens is 348 g/mol. The van der Waals surface area contributed by atoms with Crippen molar-refractivity contribution in [2.24, 2.45) is 0 Å². The van der Waals surface area contributed by atoms with Crippen molar-refractivity contribution in [3.63, 3.8) is 0 Å². The highest BCUT2D eigenvalue weighted by Crippen LogP contribution is 2.31. The minimum Gasteiger partial charge on any atom is -0.496 e. The SMILES string of the molecule is COc1ccc(-c2cc(C)[nH]c(=O)c2C#N)cc1CSCc1ccco1. The molecule has 0 amide bonds. The van der Waals surface area contributed by atoms with Gasteiger partial charge < -0.3 is 14.1 Å². The van der Waals surface area contributed by atoms with E-state index >= 15 is 0 Å². The Kier molecular flexibility index (Phi) is 5.49. The zero-order chi connectivity index (χ0) is 18.5. The molecule has 1 aromatic carbocycles. The average Bonchev–Trinajstić information content (AvgIpc) is 3.14. The molecule has 132 valence electrons. The molecule has 1 N–H and O–H groups in total. The summed E-state index contributed by atoms with van der Waals surface area (Å²) in [5, 5.41) is 9.36. The Bertz CT molecular complexity index is 1000. The van der Waals surface area contributed by atoms with Gasteiger partial charge in [0.2, 0.25) is 0 Å². The second-order valence-corrected chi connectivity index (χ2v) is 6.77. The van der Waals surface area contributed by atoms with E-state index in [1.165, 1.54) is 0 Å². The van der Waals surface area contributed by atoms with Gasteiger partial charge in [-0.05, 0) is 42.8 Å². The summed E-state index contributed by atoms with van der Waals surface area (Å²) in [6.45, 7) is 1.80. The molecule has 0 radical (unpaired) electrons. The first-order valence-electron chi connectivity index (χ1n) is 8.04. The number of aromatic amines is 1. The maximum Gasteiger partial charge on any atom is 0.266 e. The van der Waals surface area contributed by atoms with Crippen molar-refractivity contribution in [2.45, 2.75) is 18.4 Å². The molecule has 0 aliphatic rings.